The number of benzene rings is 1. The monoisotopic (exact) mass is 482 g/mol. The molecule has 3 aromatic rings. The van der Waals surface area contributed by atoms with Gasteiger partial charge in [-0.3, -0.25) is 4.79 Å². The predicted molar refractivity (Wildman–Crippen MR) is 112 cm³/mol. The summed E-state index contributed by atoms with van der Waals surface area (Å²) in [5.41, 5.74) is -1.55. The van der Waals surface area contributed by atoms with E-state index in [2.05, 4.69) is 20.3 Å². The normalized spacial score (nSPS) is 23.9. The lowest BCUT2D eigenvalue weighted by Gasteiger charge is -2.69. The largest absolute Gasteiger partial charge is 0.394 e. The van der Waals surface area contributed by atoms with E-state index in [0.717, 1.165) is 0 Å². The highest BCUT2D eigenvalue weighted by molar-refractivity contribution is 7.15. The summed E-state index contributed by atoms with van der Waals surface area (Å²) in [5.74, 6) is -1.13. The Bertz CT molecular complexity index is 1240. The van der Waals surface area contributed by atoms with Crippen LogP contribution in [0, 0.1) is 11.2 Å². The number of halogens is 5. The van der Waals surface area contributed by atoms with Gasteiger partial charge in [-0.25, -0.2) is 19.3 Å². The van der Waals surface area contributed by atoms with Crippen LogP contribution >= 0.6 is 22.9 Å². The number of alkyl halides is 3. The van der Waals surface area contributed by atoms with Crippen molar-refractivity contribution >= 4 is 34.5 Å². The minimum absolute atomic E-state index is 0.0160. The van der Waals surface area contributed by atoms with Crippen molar-refractivity contribution in [2.75, 3.05) is 5.32 Å². The molecule has 3 aliphatic rings. The van der Waals surface area contributed by atoms with Crippen LogP contribution in [-0.4, -0.2) is 27.0 Å². The van der Waals surface area contributed by atoms with Crippen LogP contribution in [0.3, 0.4) is 0 Å². The molecule has 3 fully saturated rings. The van der Waals surface area contributed by atoms with Gasteiger partial charge in [-0.2, -0.15) is 13.2 Å². The summed E-state index contributed by atoms with van der Waals surface area (Å²) >= 11 is 7.13. The Balaban J connectivity index is 1.61. The van der Waals surface area contributed by atoms with E-state index in [1.54, 1.807) is 12.1 Å². The highest BCUT2D eigenvalue weighted by atomic mass is 35.5. The molecule has 166 valence electrons. The number of hydrogen-bond donors (Lipinski definition) is 1. The van der Waals surface area contributed by atoms with Gasteiger partial charge in [-0.1, -0.05) is 6.07 Å². The van der Waals surface area contributed by atoms with Gasteiger partial charge in [0.25, 0.3) is 0 Å². The molecule has 3 aliphatic carbocycles. The first kappa shape index (κ1) is 21.3. The second-order valence-electron chi connectivity index (χ2n) is 8.34. The Hall–Kier alpha value is -2.59. The molecule has 32 heavy (non-hydrogen) atoms. The summed E-state index contributed by atoms with van der Waals surface area (Å²) in [5, 5.41) is 2.94. The standard InChI is InChI=1S/C21H15ClF4N4OS/c1-10(31)28-12-4-2-3-11(14(12)23)15-16(13-5-6-27-18(22)29-13)32-17(30-15)19-7-20(8-19,9-19)21(24,25)26/h2-6H,7-9H2,1H3,(H,28,31). The van der Waals surface area contributed by atoms with Crippen molar-refractivity contribution in [1.29, 1.82) is 0 Å². The summed E-state index contributed by atoms with van der Waals surface area (Å²) in [7, 11) is 0. The maximum atomic E-state index is 15.3. The van der Waals surface area contributed by atoms with Crippen molar-refractivity contribution in [3.63, 3.8) is 0 Å². The van der Waals surface area contributed by atoms with E-state index < -0.39 is 28.7 Å². The molecule has 0 unspecified atom stereocenters. The third kappa shape index (κ3) is 3.11. The lowest BCUT2D eigenvalue weighted by Crippen LogP contribution is -2.70. The molecule has 0 radical (unpaired) electrons. The van der Waals surface area contributed by atoms with Gasteiger partial charge < -0.3 is 5.32 Å². The number of carbonyl (C=O) groups is 1. The van der Waals surface area contributed by atoms with E-state index in [4.69, 9.17) is 11.6 Å². The zero-order chi connectivity index (χ0) is 22.9. The third-order valence-corrected chi connectivity index (χ3v) is 7.64. The van der Waals surface area contributed by atoms with E-state index in [-0.39, 0.29) is 41.5 Å². The van der Waals surface area contributed by atoms with Gasteiger partial charge in [0, 0.05) is 24.1 Å². The molecule has 2 aromatic heterocycles. The minimum atomic E-state index is -4.24. The van der Waals surface area contributed by atoms with Crippen LogP contribution in [0.25, 0.3) is 21.8 Å². The Kier molecular flexibility index (Phi) is 4.62. The van der Waals surface area contributed by atoms with Gasteiger partial charge in [0.15, 0.2) is 5.82 Å². The molecular weight excluding hydrogens is 468 g/mol. The number of amides is 1. The van der Waals surface area contributed by atoms with E-state index in [1.807, 2.05) is 0 Å². The number of anilines is 1. The Morgan fingerprint density at radius 3 is 2.53 bits per heavy atom. The van der Waals surface area contributed by atoms with Crippen molar-refractivity contribution in [3.05, 3.63) is 46.6 Å². The quantitative estimate of drug-likeness (QED) is 0.366. The van der Waals surface area contributed by atoms with Crippen molar-refractivity contribution < 1.29 is 22.4 Å². The van der Waals surface area contributed by atoms with E-state index in [0.29, 0.717) is 15.6 Å². The minimum Gasteiger partial charge on any atom is -0.324 e. The van der Waals surface area contributed by atoms with Gasteiger partial charge in [0.2, 0.25) is 11.2 Å². The predicted octanol–water partition coefficient (Wildman–Crippen LogP) is 6.00. The van der Waals surface area contributed by atoms with E-state index in [9.17, 15) is 18.0 Å². The molecule has 0 atom stereocenters. The molecule has 6 rings (SSSR count). The first-order valence-corrected chi connectivity index (χ1v) is 10.9. The van der Waals surface area contributed by atoms with Crippen LogP contribution in [0.4, 0.5) is 23.2 Å². The number of carbonyl (C=O) groups excluding carboxylic acids is 1. The fourth-order valence-corrected chi connectivity index (χ4v) is 6.06. The van der Waals surface area contributed by atoms with Gasteiger partial charge in [-0.15, -0.1) is 11.3 Å². The number of hydrogen-bond acceptors (Lipinski definition) is 5. The second-order valence-corrected chi connectivity index (χ2v) is 9.68. The number of nitrogens with zero attached hydrogens (tertiary/aromatic N) is 3. The third-order valence-electron chi connectivity index (χ3n) is 6.14. The number of thiazole rings is 1. The van der Waals surface area contributed by atoms with E-state index in [1.165, 1.54) is 36.6 Å². The maximum Gasteiger partial charge on any atom is 0.394 e. The highest BCUT2D eigenvalue weighted by Crippen LogP contribution is 2.79. The van der Waals surface area contributed by atoms with Crippen molar-refractivity contribution in [1.82, 2.24) is 15.0 Å². The fraction of sp³-hybridized carbons (Fsp3) is 0.333. The molecule has 0 saturated heterocycles. The topological polar surface area (TPSA) is 67.8 Å². The van der Waals surface area contributed by atoms with Crippen LogP contribution in [0.5, 0.6) is 0 Å². The molecule has 1 amide bonds. The van der Waals surface area contributed by atoms with Crippen molar-refractivity contribution in [2.24, 2.45) is 5.41 Å². The van der Waals surface area contributed by atoms with Crippen LogP contribution < -0.4 is 5.32 Å². The molecule has 1 N–H and O–H groups in total. The zero-order valence-corrected chi connectivity index (χ0v) is 18.1. The SMILES string of the molecule is CC(=O)Nc1cccc(-c2nc(C34CC(C(F)(F)F)(C3)C4)sc2-c2ccnc(Cl)n2)c1F. The fourth-order valence-electron chi connectivity index (χ4n) is 4.68. The molecule has 2 bridgehead atoms. The zero-order valence-electron chi connectivity index (χ0n) is 16.6. The summed E-state index contributed by atoms with van der Waals surface area (Å²) in [4.78, 5) is 24.5. The summed E-state index contributed by atoms with van der Waals surface area (Å²) in [6, 6.07) is 6.08. The van der Waals surface area contributed by atoms with Crippen LogP contribution in [0.15, 0.2) is 30.5 Å². The Labute approximate surface area is 188 Å². The first-order chi connectivity index (χ1) is 15.0. The van der Waals surface area contributed by atoms with E-state index >= 15 is 4.39 Å². The number of aromatic nitrogens is 3. The lowest BCUT2D eigenvalue weighted by molar-refractivity contribution is -0.337. The molecule has 2 heterocycles. The van der Waals surface area contributed by atoms with Gasteiger partial charge >= 0.3 is 6.18 Å². The molecular formula is C21H15ClF4N4OS. The van der Waals surface area contributed by atoms with Crippen LogP contribution in [0.2, 0.25) is 5.28 Å². The Morgan fingerprint density at radius 1 is 1.19 bits per heavy atom. The summed E-state index contributed by atoms with van der Waals surface area (Å²) < 4.78 is 55.3. The Morgan fingerprint density at radius 2 is 1.91 bits per heavy atom. The van der Waals surface area contributed by atoms with Gasteiger partial charge in [0.05, 0.1) is 27.4 Å². The molecule has 5 nitrogen and oxygen atoms in total. The molecule has 0 aliphatic heterocycles. The average molecular weight is 483 g/mol. The number of nitrogens with one attached hydrogen (secondary N) is 1. The molecule has 11 heteroatoms. The molecule has 0 spiro atoms. The van der Waals surface area contributed by atoms with Crippen LogP contribution in [0.1, 0.15) is 31.2 Å². The summed E-state index contributed by atoms with van der Waals surface area (Å²) in [6.45, 7) is 1.26. The lowest BCUT2D eigenvalue weighted by atomic mass is 9.35. The smallest absolute Gasteiger partial charge is 0.324 e. The first-order valence-electron chi connectivity index (χ1n) is 9.67. The molecule has 1 aromatic carbocycles. The summed E-state index contributed by atoms with van der Waals surface area (Å²) in [6.07, 6.45) is -2.85. The number of rotatable bonds is 4. The maximum absolute atomic E-state index is 15.3. The van der Waals surface area contributed by atoms with Crippen molar-refractivity contribution in [2.45, 2.75) is 37.8 Å². The second kappa shape index (κ2) is 6.95. The van der Waals surface area contributed by atoms with Crippen LogP contribution in [-0.2, 0) is 10.2 Å². The van der Waals surface area contributed by atoms with Gasteiger partial charge in [-0.05, 0) is 49.1 Å². The highest BCUT2D eigenvalue weighted by Gasteiger charge is 2.79. The molecule has 3 saturated carbocycles. The average Bonchev–Trinajstić information content (AvgIpc) is 3.04. The van der Waals surface area contributed by atoms with Gasteiger partial charge in [0.1, 0.15) is 5.01 Å². The van der Waals surface area contributed by atoms with Crippen molar-refractivity contribution in [3.8, 4) is 21.8 Å².